The minimum Gasteiger partial charge on any atom is -0.489 e. The zero-order valence-corrected chi connectivity index (χ0v) is 8.53. The van der Waals surface area contributed by atoms with Crippen molar-refractivity contribution in [2.75, 3.05) is 0 Å². The summed E-state index contributed by atoms with van der Waals surface area (Å²) in [5.74, 6) is 0.237. The number of hydrogen-bond acceptors (Lipinski definition) is 2. The summed E-state index contributed by atoms with van der Waals surface area (Å²) in [4.78, 5) is 0. The van der Waals surface area contributed by atoms with Gasteiger partial charge in [-0.1, -0.05) is 13.0 Å². The fourth-order valence-corrected chi connectivity index (χ4v) is 1.17. The average Bonchev–Trinajstić information content (AvgIpc) is 2.16. The van der Waals surface area contributed by atoms with E-state index in [-0.39, 0.29) is 18.0 Å². The molecule has 2 unspecified atom stereocenters. The predicted molar refractivity (Wildman–Crippen MR) is 54.8 cm³/mol. The molecule has 0 heterocycles. The van der Waals surface area contributed by atoms with E-state index in [1.54, 1.807) is 12.1 Å². The summed E-state index contributed by atoms with van der Waals surface area (Å²) in [5.41, 5.74) is 5.78. The third-order valence-electron chi connectivity index (χ3n) is 2.19. The van der Waals surface area contributed by atoms with Gasteiger partial charge in [0.15, 0.2) is 0 Å². The van der Waals surface area contributed by atoms with Crippen LogP contribution in [0.15, 0.2) is 24.3 Å². The molecule has 0 aliphatic carbocycles. The van der Waals surface area contributed by atoms with E-state index < -0.39 is 0 Å². The lowest BCUT2D eigenvalue weighted by atomic mass is 10.1. The van der Waals surface area contributed by atoms with Crippen molar-refractivity contribution in [3.8, 4) is 5.75 Å². The molecule has 0 amide bonds. The lowest BCUT2D eigenvalue weighted by molar-refractivity contribution is 0.186. The molecule has 3 heteroatoms. The second-order valence-corrected chi connectivity index (χ2v) is 3.35. The van der Waals surface area contributed by atoms with E-state index in [1.165, 1.54) is 12.1 Å². The highest BCUT2D eigenvalue weighted by Gasteiger charge is 2.11. The maximum atomic E-state index is 12.8. The van der Waals surface area contributed by atoms with Gasteiger partial charge in [-0.3, -0.25) is 0 Å². The molecular weight excluding hydrogens is 181 g/mol. The molecule has 2 nitrogen and oxygen atoms in total. The first-order valence-corrected chi connectivity index (χ1v) is 4.81. The number of nitrogens with two attached hydrogens (primary N) is 1. The molecule has 0 fully saturated rings. The van der Waals surface area contributed by atoms with Gasteiger partial charge in [0.1, 0.15) is 17.7 Å². The predicted octanol–water partition coefficient (Wildman–Crippen LogP) is 2.33. The summed E-state index contributed by atoms with van der Waals surface area (Å²) < 4.78 is 18.3. The monoisotopic (exact) mass is 197 g/mol. The molecule has 2 atom stereocenters. The molecule has 1 aromatic carbocycles. The van der Waals surface area contributed by atoms with Gasteiger partial charge in [-0.05, 0) is 25.5 Å². The Kier molecular flexibility index (Phi) is 3.89. The quantitative estimate of drug-likeness (QED) is 0.804. The number of benzene rings is 1. The molecule has 0 aliphatic rings. The van der Waals surface area contributed by atoms with Crippen molar-refractivity contribution in [1.29, 1.82) is 0 Å². The molecule has 0 bridgehead atoms. The van der Waals surface area contributed by atoms with Gasteiger partial charge in [0, 0.05) is 12.1 Å². The largest absolute Gasteiger partial charge is 0.489 e. The van der Waals surface area contributed by atoms with Crippen LogP contribution in [0.25, 0.3) is 0 Å². The zero-order chi connectivity index (χ0) is 10.6. The molecule has 14 heavy (non-hydrogen) atoms. The zero-order valence-electron chi connectivity index (χ0n) is 8.53. The molecule has 1 rings (SSSR count). The molecule has 2 N–H and O–H groups in total. The Morgan fingerprint density at radius 3 is 2.79 bits per heavy atom. The van der Waals surface area contributed by atoms with Crippen LogP contribution in [0, 0.1) is 5.82 Å². The first kappa shape index (κ1) is 11.0. The summed E-state index contributed by atoms with van der Waals surface area (Å²) in [5, 5.41) is 0. The topological polar surface area (TPSA) is 35.2 Å². The van der Waals surface area contributed by atoms with E-state index in [2.05, 4.69) is 0 Å². The molecule has 1 aromatic rings. The summed E-state index contributed by atoms with van der Waals surface area (Å²) in [7, 11) is 0. The van der Waals surface area contributed by atoms with Crippen LogP contribution in [0.4, 0.5) is 4.39 Å². The second-order valence-electron chi connectivity index (χ2n) is 3.35. The number of ether oxygens (including phenoxy) is 1. The van der Waals surface area contributed by atoms with Gasteiger partial charge < -0.3 is 10.5 Å². The molecule has 0 saturated heterocycles. The van der Waals surface area contributed by atoms with Crippen LogP contribution in [0.3, 0.4) is 0 Å². The van der Waals surface area contributed by atoms with Crippen molar-refractivity contribution < 1.29 is 9.13 Å². The number of halogens is 1. The van der Waals surface area contributed by atoms with E-state index in [0.717, 1.165) is 6.42 Å². The highest BCUT2D eigenvalue weighted by Crippen LogP contribution is 2.15. The fraction of sp³-hybridized carbons (Fsp3) is 0.455. The summed E-state index contributed by atoms with van der Waals surface area (Å²) in [6.45, 7) is 3.88. The summed E-state index contributed by atoms with van der Waals surface area (Å²) in [6.07, 6.45) is 0.748. The van der Waals surface area contributed by atoms with Crippen LogP contribution in [0.1, 0.15) is 20.3 Å². The Bertz CT molecular complexity index is 290. The lowest BCUT2D eigenvalue weighted by Crippen LogP contribution is -2.35. The summed E-state index contributed by atoms with van der Waals surface area (Å²) >= 11 is 0. The Hall–Kier alpha value is -1.09. The SMILES string of the molecule is CCC(N)C(C)Oc1cccc(F)c1. The molecule has 0 aliphatic heterocycles. The minimum atomic E-state index is -0.292. The standard InChI is InChI=1S/C11H16FNO/c1-3-11(13)8(2)14-10-6-4-5-9(12)7-10/h4-8,11H,3,13H2,1-2H3. The number of rotatable bonds is 4. The minimum absolute atomic E-state index is 0.0155. The molecule has 0 saturated carbocycles. The van der Waals surface area contributed by atoms with Gasteiger partial charge in [-0.15, -0.1) is 0 Å². The highest BCUT2D eigenvalue weighted by molar-refractivity contribution is 5.22. The summed E-state index contributed by atoms with van der Waals surface area (Å²) in [6, 6.07) is 6.07. The molecule has 78 valence electrons. The van der Waals surface area contributed by atoms with Crippen LogP contribution in [0.5, 0.6) is 5.75 Å². The molecule has 0 radical (unpaired) electrons. The van der Waals surface area contributed by atoms with Gasteiger partial charge in [-0.2, -0.15) is 0 Å². The lowest BCUT2D eigenvalue weighted by Gasteiger charge is -2.20. The third-order valence-corrected chi connectivity index (χ3v) is 2.19. The van der Waals surface area contributed by atoms with Crippen molar-refractivity contribution in [2.45, 2.75) is 32.4 Å². The van der Waals surface area contributed by atoms with E-state index in [0.29, 0.717) is 5.75 Å². The van der Waals surface area contributed by atoms with Crippen LogP contribution in [-0.4, -0.2) is 12.1 Å². The first-order chi connectivity index (χ1) is 6.63. The Morgan fingerprint density at radius 2 is 2.21 bits per heavy atom. The second kappa shape index (κ2) is 4.96. The van der Waals surface area contributed by atoms with Crippen molar-refractivity contribution in [2.24, 2.45) is 5.73 Å². The van der Waals surface area contributed by atoms with Crippen molar-refractivity contribution >= 4 is 0 Å². The maximum absolute atomic E-state index is 12.8. The van der Waals surface area contributed by atoms with Crippen LogP contribution in [-0.2, 0) is 0 Å². The highest BCUT2D eigenvalue weighted by atomic mass is 19.1. The van der Waals surface area contributed by atoms with Gasteiger partial charge in [0.25, 0.3) is 0 Å². The van der Waals surface area contributed by atoms with Crippen molar-refractivity contribution in [1.82, 2.24) is 0 Å². The van der Waals surface area contributed by atoms with Crippen LogP contribution in [0.2, 0.25) is 0 Å². The van der Waals surface area contributed by atoms with Gasteiger partial charge in [0.2, 0.25) is 0 Å². The van der Waals surface area contributed by atoms with Gasteiger partial charge >= 0.3 is 0 Å². The van der Waals surface area contributed by atoms with Crippen LogP contribution >= 0.6 is 0 Å². The molecule has 0 aromatic heterocycles. The smallest absolute Gasteiger partial charge is 0.126 e. The average molecular weight is 197 g/mol. The molecule has 0 spiro atoms. The third kappa shape index (κ3) is 3.00. The van der Waals surface area contributed by atoms with E-state index >= 15 is 0 Å². The fourth-order valence-electron chi connectivity index (χ4n) is 1.17. The van der Waals surface area contributed by atoms with E-state index in [9.17, 15) is 4.39 Å². The maximum Gasteiger partial charge on any atom is 0.126 e. The van der Waals surface area contributed by atoms with Crippen LogP contribution < -0.4 is 10.5 Å². The van der Waals surface area contributed by atoms with Gasteiger partial charge in [-0.25, -0.2) is 4.39 Å². The van der Waals surface area contributed by atoms with Crippen molar-refractivity contribution in [3.63, 3.8) is 0 Å². The Balaban J connectivity index is 2.60. The number of hydrogen-bond donors (Lipinski definition) is 1. The first-order valence-electron chi connectivity index (χ1n) is 4.81. The van der Waals surface area contributed by atoms with Crippen molar-refractivity contribution in [3.05, 3.63) is 30.1 Å². The van der Waals surface area contributed by atoms with E-state index in [1.807, 2.05) is 13.8 Å². The Labute approximate surface area is 83.9 Å². The van der Waals surface area contributed by atoms with Gasteiger partial charge in [0.05, 0.1) is 0 Å². The molecular formula is C11H16FNO. The normalized spacial score (nSPS) is 14.9. The Morgan fingerprint density at radius 1 is 1.50 bits per heavy atom. The van der Waals surface area contributed by atoms with E-state index in [4.69, 9.17) is 10.5 Å².